The predicted octanol–water partition coefficient (Wildman–Crippen LogP) is 2.37. The first-order chi connectivity index (χ1) is 8.69. The molecule has 18 heavy (non-hydrogen) atoms. The summed E-state index contributed by atoms with van der Waals surface area (Å²) in [4.78, 5) is 4.21. The van der Waals surface area contributed by atoms with E-state index < -0.39 is 0 Å². The third-order valence-corrected chi connectivity index (χ3v) is 3.20. The number of benzene rings is 1. The van der Waals surface area contributed by atoms with Crippen molar-refractivity contribution in [3.63, 3.8) is 0 Å². The Bertz CT molecular complexity index is 566. The lowest BCUT2D eigenvalue weighted by atomic mass is 10.1. The van der Waals surface area contributed by atoms with Crippen LogP contribution in [-0.2, 0) is 5.75 Å². The Hall–Kier alpha value is -1.95. The molecule has 0 aliphatic heterocycles. The molecule has 0 amide bonds. The molecule has 1 heterocycles. The van der Waals surface area contributed by atoms with E-state index in [9.17, 15) is 0 Å². The first kappa shape index (κ1) is 12.5. The van der Waals surface area contributed by atoms with Gasteiger partial charge in [0.1, 0.15) is 6.26 Å². The molecule has 5 nitrogen and oxygen atoms in total. The summed E-state index contributed by atoms with van der Waals surface area (Å²) < 4.78 is 5.25. The summed E-state index contributed by atoms with van der Waals surface area (Å²) in [6.45, 7) is 1.88. The third kappa shape index (κ3) is 3.04. The molecule has 0 fully saturated rings. The van der Waals surface area contributed by atoms with Crippen LogP contribution in [0.2, 0.25) is 0 Å². The Morgan fingerprint density at radius 1 is 1.56 bits per heavy atom. The predicted molar refractivity (Wildman–Crippen MR) is 69.8 cm³/mol. The minimum atomic E-state index is 0.105. The summed E-state index contributed by atoms with van der Waals surface area (Å²) in [5, 5.41) is 12.2. The Balaban J connectivity index is 2.05. The van der Waals surface area contributed by atoms with Gasteiger partial charge in [0.25, 0.3) is 5.22 Å². The molecule has 0 unspecified atom stereocenters. The van der Waals surface area contributed by atoms with Crippen LogP contribution in [0.15, 0.2) is 45.3 Å². The molecule has 0 spiro atoms. The fourth-order valence-corrected chi connectivity index (χ4v) is 2.22. The van der Waals surface area contributed by atoms with Crippen molar-refractivity contribution in [1.29, 1.82) is 0 Å². The molecule has 0 bridgehead atoms. The first-order valence-electron chi connectivity index (χ1n) is 5.31. The third-order valence-electron chi connectivity index (χ3n) is 2.29. The van der Waals surface area contributed by atoms with Crippen LogP contribution < -0.4 is 5.73 Å². The van der Waals surface area contributed by atoms with E-state index in [-0.39, 0.29) is 5.84 Å². The van der Waals surface area contributed by atoms with Crippen molar-refractivity contribution in [2.45, 2.75) is 17.9 Å². The highest BCUT2D eigenvalue weighted by atomic mass is 32.2. The van der Waals surface area contributed by atoms with Crippen LogP contribution in [0.5, 0.6) is 0 Å². The van der Waals surface area contributed by atoms with Gasteiger partial charge in [0, 0.05) is 11.3 Å². The maximum Gasteiger partial charge on any atom is 0.256 e. The van der Waals surface area contributed by atoms with Crippen molar-refractivity contribution in [2.75, 3.05) is 0 Å². The van der Waals surface area contributed by atoms with E-state index in [4.69, 9.17) is 15.4 Å². The molecular formula is C12H13N3O2S. The summed E-state index contributed by atoms with van der Waals surface area (Å²) >= 11 is 1.50. The van der Waals surface area contributed by atoms with E-state index >= 15 is 0 Å². The second kappa shape index (κ2) is 5.59. The van der Waals surface area contributed by atoms with E-state index in [1.165, 1.54) is 11.8 Å². The summed E-state index contributed by atoms with van der Waals surface area (Å²) in [7, 11) is 0. The van der Waals surface area contributed by atoms with Crippen LogP contribution in [0.3, 0.4) is 0 Å². The Labute approximate surface area is 109 Å². The van der Waals surface area contributed by atoms with Crippen molar-refractivity contribution in [3.8, 4) is 0 Å². The van der Waals surface area contributed by atoms with Gasteiger partial charge in [0.2, 0.25) is 0 Å². The number of nitrogens with zero attached hydrogens (tertiary/aromatic N) is 2. The zero-order valence-electron chi connectivity index (χ0n) is 9.83. The molecular weight excluding hydrogens is 250 g/mol. The highest BCUT2D eigenvalue weighted by Crippen LogP contribution is 2.22. The smallest absolute Gasteiger partial charge is 0.256 e. The topological polar surface area (TPSA) is 84.6 Å². The van der Waals surface area contributed by atoms with Crippen LogP contribution in [-0.4, -0.2) is 16.0 Å². The molecule has 94 valence electrons. The van der Waals surface area contributed by atoms with Crippen molar-refractivity contribution < 1.29 is 9.62 Å². The Morgan fingerprint density at radius 2 is 2.39 bits per heavy atom. The number of amidine groups is 1. The minimum Gasteiger partial charge on any atom is -0.440 e. The van der Waals surface area contributed by atoms with Crippen molar-refractivity contribution in [3.05, 3.63) is 47.3 Å². The molecule has 6 heteroatoms. The van der Waals surface area contributed by atoms with Gasteiger partial charge in [-0.3, -0.25) is 0 Å². The molecule has 0 radical (unpaired) electrons. The number of rotatable bonds is 4. The Kier molecular flexibility index (Phi) is 3.88. The second-order valence-electron chi connectivity index (χ2n) is 3.73. The number of oxazole rings is 1. The number of thioether (sulfide) groups is 1. The van der Waals surface area contributed by atoms with Crippen molar-refractivity contribution in [1.82, 2.24) is 4.98 Å². The van der Waals surface area contributed by atoms with Gasteiger partial charge in [0.05, 0.1) is 5.69 Å². The van der Waals surface area contributed by atoms with Gasteiger partial charge in [0.15, 0.2) is 5.84 Å². The van der Waals surface area contributed by atoms with E-state index in [2.05, 4.69) is 10.1 Å². The number of aromatic nitrogens is 1. The number of hydrogen-bond donors (Lipinski definition) is 2. The molecule has 0 saturated heterocycles. The quantitative estimate of drug-likeness (QED) is 0.291. The first-order valence-corrected chi connectivity index (χ1v) is 6.29. The van der Waals surface area contributed by atoms with E-state index in [0.717, 1.165) is 11.3 Å². The lowest BCUT2D eigenvalue weighted by molar-refractivity contribution is 0.318. The Morgan fingerprint density at radius 3 is 3.06 bits per heavy atom. The van der Waals surface area contributed by atoms with Gasteiger partial charge in [-0.15, -0.1) is 0 Å². The molecule has 0 aliphatic rings. The molecule has 2 aromatic rings. The summed E-state index contributed by atoms with van der Waals surface area (Å²) in [6, 6.07) is 7.50. The fourth-order valence-electron chi connectivity index (χ4n) is 1.42. The monoisotopic (exact) mass is 263 g/mol. The van der Waals surface area contributed by atoms with E-state index in [1.54, 1.807) is 12.3 Å². The largest absolute Gasteiger partial charge is 0.440 e. The fraction of sp³-hybridized carbons (Fsp3) is 0.167. The zero-order chi connectivity index (χ0) is 13.0. The normalized spacial score (nSPS) is 11.7. The van der Waals surface area contributed by atoms with Crippen LogP contribution in [0.4, 0.5) is 0 Å². The van der Waals surface area contributed by atoms with Crippen LogP contribution in [0.25, 0.3) is 0 Å². The van der Waals surface area contributed by atoms with Gasteiger partial charge in [-0.1, -0.05) is 35.1 Å². The van der Waals surface area contributed by atoms with Gasteiger partial charge >= 0.3 is 0 Å². The molecule has 0 aliphatic carbocycles. The molecule has 2 rings (SSSR count). The minimum absolute atomic E-state index is 0.105. The number of hydrogen-bond acceptors (Lipinski definition) is 5. The van der Waals surface area contributed by atoms with Gasteiger partial charge in [-0.2, -0.15) is 0 Å². The van der Waals surface area contributed by atoms with Gasteiger partial charge < -0.3 is 15.4 Å². The van der Waals surface area contributed by atoms with Gasteiger partial charge in [-0.25, -0.2) is 4.98 Å². The maximum absolute atomic E-state index is 8.62. The second-order valence-corrected chi connectivity index (χ2v) is 4.66. The van der Waals surface area contributed by atoms with E-state index in [0.29, 0.717) is 16.5 Å². The van der Waals surface area contributed by atoms with Crippen LogP contribution in [0, 0.1) is 6.92 Å². The van der Waals surface area contributed by atoms with Crippen LogP contribution >= 0.6 is 11.8 Å². The molecule has 3 N–H and O–H groups in total. The summed E-state index contributed by atoms with van der Waals surface area (Å²) in [5.41, 5.74) is 8.15. The number of nitrogens with two attached hydrogens (primary N) is 1. The SMILES string of the molecule is Cc1coc(SCc2cccc(/C(N)=N/O)c2)n1. The van der Waals surface area contributed by atoms with Crippen molar-refractivity contribution >= 4 is 17.6 Å². The van der Waals surface area contributed by atoms with Crippen molar-refractivity contribution in [2.24, 2.45) is 10.9 Å². The highest BCUT2D eigenvalue weighted by molar-refractivity contribution is 7.98. The summed E-state index contributed by atoms with van der Waals surface area (Å²) in [5.74, 6) is 0.820. The standard InChI is InChI=1S/C12H13N3O2S/c1-8-6-17-12(14-8)18-7-9-3-2-4-10(5-9)11(13)15-16/h2-6,16H,7H2,1H3,(H2,13,15). The zero-order valence-corrected chi connectivity index (χ0v) is 10.6. The average Bonchev–Trinajstić information content (AvgIpc) is 2.81. The lowest BCUT2D eigenvalue weighted by Crippen LogP contribution is -2.13. The molecule has 1 aromatic carbocycles. The van der Waals surface area contributed by atoms with Gasteiger partial charge in [-0.05, 0) is 18.6 Å². The summed E-state index contributed by atoms with van der Waals surface area (Å²) in [6.07, 6.45) is 1.62. The highest BCUT2D eigenvalue weighted by Gasteiger charge is 2.04. The molecule has 0 saturated carbocycles. The molecule has 1 aromatic heterocycles. The van der Waals surface area contributed by atoms with E-state index in [1.807, 2.05) is 25.1 Å². The lowest BCUT2D eigenvalue weighted by Gasteiger charge is -2.02. The number of oxime groups is 1. The number of aryl methyl sites for hydroxylation is 1. The maximum atomic E-state index is 8.62. The molecule has 0 atom stereocenters. The average molecular weight is 263 g/mol. The van der Waals surface area contributed by atoms with Crippen LogP contribution in [0.1, 0.15) is 16.8 Å².